The Morgan fingerprint density at radius 1 is 1.22 bits per heavy atom. The Kier molecular flexibility index (Phi) is 2.36. The Labute approximate surface area is 106 Å². The molecule has 0 spiro atoms. The minimum atomic E-state index is 0.670. The first-order valence-corrected chi connectivity index (χ1v) is 7.00. The van der Waals surface area contributed by atoms with Gasteiger partial charge in [0.05, 0.1) is 17.1 Å². The smallest absolute Gasteiger partial charge is 0.154 e. The standard InChI is InChI=1S/C14H18N4/c1-2-4-10(3-1)11-5-6-14-16-12-7-8-15-9-13(12)18(14)17-11/h5-6,10,15H,1-4,7-9H2. The van der Waals surface area contributed by atoms with Crippen LogP contribution in [0.1, 0.15) is 48.7 Å². The van der Waals surface area contributed by atoms with E-state index in [1.54, 1.807) is 0 Å². The van der Waals surface area contributed by atoms with Gasteiger partial charge < -0.3 is 5.32 Å². The second-order valence-corrected chi connectivity index (χ2v) is 5.44. The molecule has 0 saturated heterocycles. The highest BCUT2D eigenvalue weighted by molar-refractivity contribution is 5.43. The lowest BCUT2D eigenvalue weighted by atomic mass is 10.0. The molecule has 2 aromatic heterocycles. The summed E-state index contributed by atoms with van der Waals surface area (Å²) in [6.45, 7) is 1.93. The molecule has 3 heterocycles. The van der Waals surface area contributed by atoms with E-state index in [1.807, 2.05) is 0 Å². The molecule has 1 aliphatic carbocycles. The first-order valence-electron chi connectivity index (χ1n) is 7.00. The average Bonchev–Trinajstić information content (AvgIpc) is 3.05. The van der Waals surface area contributed by atoms with Crippen LogP contribution in [-0.2, 0) is 13.0 Å². The fraction of sp³-hybridized carbons (Fsp3) is 0.571. The average molecular weight is 242 g/mol. The molecule has 94 valence electrons. The molecule has 1 saturated carbocycles. The molecule has 4 heteroatoms. The van der Waals surface area contributed by atoms with E-state index in [1.165, 1.54) is 42.8 Å². The molecule has 0 aromatic carbocycles. The Morgan fingerprint density at radius 2 is 2.11 bits per heavy atom. The molecule has 1 N–H and O–H groups in total. The molecule has 2 aliphatic rings. The number of aromatic nitrogens is 3. The fourth-order valence-electron chi connectivity index (χ4n) is 3.27. The predicted molar refractivity (Wildman–Crippen MR) is 69.6 cm³/mol. The summed E-state index contributed by atoms with van der Waals surface area (Å²) in [5.41, 5.74) is 4.75. The van der Waals surface area contributed by atoms with Crippen LogP contribution < -0.4 is 5.32 Å². The lowest BCUT2D eigenvalue weighted by molar-refractivity contribution is 0.601. The van der Waals surface area contributed by atoms with Gasteiger partial charge in [0.15, 0.2) is 5.65 Å². The third-order valence-electron chi connectivity index (χ3n) is 4.28. The highest BCUT2D eigenvalue weighted by atomic mass is 15.3. The van der Waals surface area contributed by atoms with Crippen molar-refractivity contribution in [3.05, 3.63) is 29.2 Å². The molecule has 4 rings (SSSR count). The third-order valence-corrected chi connectivity index (χ3v) is 4.28. The van der Waals surface area contributed by atoms with Gasteiger partial charge in [-0.05, 0) is 25.0 Å². The SMILES string of the molecule is c1cc2nc3c(n2nc1C1CCCC1)CNCC3. The summed E-state index contributed by atoms with van der Waals surface area (Å²) in [5.74, 6) is 0.670. The Hall–Kier alpha value is -1.42. The van der Waals surface area contributed by atoms with E-state index in [4.69, 9.17) is 5.10 Å². The van der Waals surface area contributed by atoms with Crippen molar-refractivity contribution in [1.29, 1.82) is 0 Å². The molecule has 1 aliphatic heterocycles. The maximum absolute atomic E-state index is 4.84. The van der Waals surface area contributed by atoms with Gasteiger partial charge in [0, 0.05) is 25.4 Å². The number of fused-ring (bicyclic) bond motifs is 3. The van der Waals surface area contributed by atoms with Crippen LogP contribution in [0.5, 0.6) is 0 Å². The van der Waals surface area contributed by atoms with Gasteiger partial charge in [0.1, 0.15) is 0 Å². The topological polar surface area (TPSA) is 42.2 Å². The van der Waals surface area contributed by atoms with Crippen LogP contribution >= 0.6 is 0 Å². The normalized spacial score (nSPS) is 20.4. The van der Waals surface area contributed by atoms with E-state index in [9.17, 15) is 0 Å². The van der Waals surface area contributed by atoms with E-state index in [0.29, 0.717) is 5.92 Å². The zero-order chi connectivity index (χ0) is 11.9. The summed E-state index contributed by atoms with van der Waals surface area (Å²) in [6.07, 6.45) is 6.33. The summed E-state index contributed by atoms with van der Waals surface area (Å²) in [5, 5.41) is 8.25. The van der Waals surface area contributed by atoms with Gasteiger partial charge in [-0.25, -0.2) is 9.50 Å². The molecular weight excluding hydrogens is 224 g/mol. The van der Waals surface area contributed by atoms with Crippen LogP contribution in [0, 0.1) is 0 Å². The third kappa shape index (κ3) is 1.56. The van der Waals surface area contributed by atoms with Gasteiger partial charge in [-0.2, -0.15) is 5.10 Å². The van der Waals surface area contributed by atoms with Gasteiger partial charge in [0.2, 0.25) is 0 Å². The maximum Gasteiger partial charge on any atom is 0.154 e. The van der Waals surface area contributed by atoms with Crippen LogP contribution in [0.4, 0.5) is 0 Å². The number of nitrogens with zero attached hydrogens (tertiary/aromatic N) is 3. The molecule has 0 atom stereocenters. The molecular formula is C14H18N4. The first kappa shape index (κ1) is 10.5. The van der Waals surface area contributed by atoms with Crippen LogP contribution in [-0.4, -0.2) is 21.1 Å². The summed E-state index contributed by atoms with van der Waals surface area (Å²) < 4.78 is 2.06. The van der Waals surface area contributed by atoms with E-state index in [0.717, 1.165) is 25.2 Å². The molecule has 0 amide bonds. The van der Waals surface area contributed by atoms with Gasteiger partial charge in [0.25, 0.3) is 0 Å². The van der Waals surface area contributed by atoms with Crippen molar-refractivity contribution in [3.8, 4) is 0 Å². The number of rotatable bonds is 1. The molecule has 18 heavy (non-hydrogen) atoms. The van der Waals surface area contributed by atoms with E-state index >= 15 is 0 Å². The fourth-order valence-corrected chi connectivity index (χ4v) is 3.27. The van der Waals surface area contributed by atoms with Gasteiger partial charge in [-0.1, -0.05) is 12.8 Å². The quantitative estimate of drug-likeness (QED) is 0.832. The van der Waals surface area contributed by atoms with Crippen molar-refractivity contribution in [2.75, 3.05) is 6.54 Å². The summed E-state index contributed by atoms with van der Waals surface area (Å²) in [6, 6.07) is 4.32. The predicted octanol–water partition coefficient (Wildman–Crippen LogP) is 2.03. The lowest BCUT2D eigenvalue weighted by Crippen LogP contribution is -2.24. The summed E-state index contributed by atoms with van der Waals surface area (Å²) >= 11 is 0. The number of hydrogen-bond acceptors (Lipinski definition) is 3. The van der Waals surface area contributed by atoms with E-state index in [-0.39, 0.29) is 0 Å². The van der Waals surface area contributed by atoms with E-state index < -0.39 is 0 Å². The molecule has 4 nitrogen and oxygen atoms in total. The van der Waals surface area contributed by atoms with Gasteiger partial charge in [-0.3, -0.25) is 0 Å². The van der Waals surface area contributed by atoms with Crippen LogP contribution in [0.15, 0.2) is 12.1 Å². The second-order valence-electron chi connectivity index (χ2n) is 5.44. The van der Waals surface area contributed by atoms with Crippen LogP contribution in [0.3, 0.4) is 0 Å². The van der Waals surface area contributed by atoms with Crippen molar-refractivity contribution >= 4 is 5.65 Å². The highest BCUT2D eigenvalue weighted by Gasteiger charge is 2.21. The minimum absolute atomic E-state index is 0.670. The van der Waals surface area contributed by atoms with Crippen molar-refractivity contribution in [2.45, 2.75) is 44.6 Å². The van der Waals surface area contributed by atoms with Crippen molar-refractivity contribution in [1.82, 2.24) is 19.9 Å². The van der Waals surface area contributed by atoms with E-state index in [2.05, 4.69) is 26.9 Å². The van der Waals surface area contributed by atoms with Crippen LogP contribution in [0.2, 0.25) is 0 Å². The first-order chi connectivity index (χ1) is 8.92. The minimum Gasteiger partial charge on any atom is -0.311 e. The second kappa shape index (κ2) is 4.05. The molecule has 0 radical (unpaired) electrons. The zero-order valence-corrected chi connectivity index (χ0v) is 10.5. The number of nitrogens with one attached hydrogen (secondary N) is 1. The number of hydrogen-bond donors (Lipinski definition) is 1. The monoisotopic (exact) mass is 242 g/mol. The van der Waals surface area contributed by atoms with Crippen molar-refractivity contribution < 1.29 is 0 Å². The lowest BCUT2D eigenvalue weighted by Gasteiger charge is -2.13. The summed E-state index contributed by atoms with van der Waals surface area (Å²) in [4.78, 5) is 4.68. The largest absolute Gasteiger partial charge is 0.311 e. The Bertz CT molecular complexity index is 581. The molecule has 0 unspecified atom stereocenters. The zero-order valence-electron chi connectivity index (χ0n) is 10.5. The maximum atomic E-state index is 4.84. The van der Waals surface area contributed by atoms with Crippen LogP contribution in [0.25, 0.3) is 5.65 Å². The van der Waals surface area contributed by atoms with Gasteiger partial charge in [-0.15, -0.1) is 0 Å². The molecule has 2 aromatic rings. The molecule has 0 bridgehead atoms. The number of imidazole rings is 1. The van der Waals surface area contributed by atoms with Gasteiger partial charge >= 0.3 is 0 Å². The summed E-state index contributed by atoms with van der Waals surface area (Å²) in [7, 11) is 0. The van der Waals surface area contributed by atoms with Crippen molar-refractivity contribution in [2.24, 2.45) is 0 Å². The Balaban J connectivity index is 1.83. The highest BCUT2D eigenvalue weighted by Crippen LogP contribution is 2.33. The molecule has 1 fully saturated rings. The Morgan fingerprint density at radius 3 is 3.00 bits per heavy atom. The van der Waals surface area contributed by atoms with Crippen molar-refractivity contribution in [3.63, 3.8) is 0 Å².